The molecule has 2 aromatic rings. The van der Waals surface area contributed by atoms with Gasteiger partial charge in [-0.1, -0.05) is 11.6 Å². The zero-order valence-electron chi connectivity index (χ0n) is 15.9. The van der Waals surface area contributed by atoms with Crippen molar-refractivity contribution in [1.29, 1.82) is 0 Å². The molecule has 0 saturated carbocycles. The van der Waals surface area contributed by atoms with E-state index in [-0.39, 0.29) is 17.8 Å². The van der Waals surface area contributed by atoms with Gasteiger partial charge in [0.1, 0.15) is 18.2 Å². The summed E-state index contributed by atoms with van der Waals surface area (Å²) in [7, 11) is 0. The lowest BCUT2D eigenvalue weighted by molar-refractivity contribution is -0.121. The summed E-state index contributed by atoms with van der Waals surface area (Å²) in [6.45, 7) is 6.77. The van der Waals surface area contributed by atoms with E-state index < -0.39 is 0 Å². The molecule has 1 atom stereocenters. The fourth-order valence-corrected chi connectivity index (χ4v) is 3.27. The number of nitrogens with zero attached hydrogens (tertiary/aromatic N) is 2. The second kappa shape index (κ2) is 9.87. The number of rotatable bonds is 7. The molecule has 0 spiro atoms. The maximum Gasteiger partial charge on any atom is 0.241 e. The van der Waals surface area contributed by atoms with E-state index in [0.29, 0.717) is 17.3 Å². The third-order valence-electron chi connectivity index (χ3n) is 4.94. The van der Waals surface area contributed by atoms with E-state index in [0.717, 1.165) is 38.5 Å². The fraction of sp³-hybridized carbons (Fsp3) is 0.381. The van der Waals surface area contributed by atoms with Gasteiger partial charge in [-0.15, -0.1) is 0 Å². The zero-order chi connectivity index (χ0) is 19.9. The molecule has 1 aliphatic heterocycles. The Morgan fingerprint density at radius 2 is 1.75 bits per heavy atom. The minimum absolute atomic E-state index is 0.0777. The lowest BCUT2D eigenvalue weighted by Crippen LogP contribution is -2.53. The lowest BCUT2D eigenvalue weighted by Gasteiger charge is -2.37. The third kappa shape index (κ3) is 5.92. The Kier molecular flexibility index (Phi) is 7.25. The molecule has 0 radical (unpaired) electrons. The molecule has 1 N–H and O–H groups in total. The van der Waals surface area contributed by atoms with Crippen LogP contribution >= 0.6 is 11.6 Å². The van der Waals surface area contributed by atoms with Crippen molar-refractivity contribution in [3.8, 4) is 5.75 Å². The first kappa shape index (κ1) is 20.6. The van der Waals surface area contributed by atoms with E-state index in [1.54, 1.807) is 12.1 Å². The third-order valence-corrected chi connectivity index (χ3v) is 5.19. The van der Waals surface area contributed by atoms with Crippen molar-refractivity contribution in [2.24, 2.45) is 0 Å². The van der Waals surface area contributed by atoms with Gasteiger partial charge in [-0.3, -0.25) is 14.6 Å². The Hall–Kier alpha value is -2.15. The van der Waals surface area contributed by atoms with Crippen molar-refractivity contribution in [3.05, 3.63) is 59.4 Å². The molecule has 150 valence electrons. The molecule has 1 heterocycles. The molecule has 2 aromatic carbocycles. The molecule has 5 nitrogen and oxygen atoms in total. The van der Waals surface area contributed by atoms with Crippen molar-refractivity contribution in [2.75, 3.05) is 44.6 Å². The predicted octanol–water partition coefficient (Wildman–Crippen LogP) is 3.50. The maximum atomic E-state index is 13.0. The smallest absolute Gasteiger partial charge is 0.241 e. The van der Waals surface area contributed by atoms with Crippen molar-refractivity contribution >= 4 is 23.2 Å². The average Bonchev–Trinajstić information content (AvgIpc) is 2.71. The molecule has 3 rings (SSSR count). The van der Waals surface area contributed by atoms with Gasteiger partial charge in [0.05, 0.1) is 6.04 Å². The first-order valence-electron chi connectivity index (χ1n) is 9.42. The number of anilines is 1. The van der Waals surface area contributed by atoms with E-state index in [1.165, 1.54) is 12.1 Å². The Morgan fingerprint density at radius 1 is 1.11 bits per heavy atom. The highest BCUT2D eigenvalue weighted by Gasteiger charge is 2.25. The summed E-state index contributed by atoms with van der Waals surface area (Å²) >= 11 is 5.87. The molecule has 1 saturated heterocycles. The number of halogens is 2. The van der Waals surface area contributed by atoms with Crippen LogP contribution in [0.5, 0.6) is 5.75 Å². The first-order valence-corrected chi connectivity index (χ1v) is 9.80. The fourth-order valence-electron chi connectivity index (χ4n) is 3.14. The number of nitrogens with one attached hydrogen (secondary N) is 1. The van der Waals surface area contributed by atoms with Gasteiger partial charge >= 0.3 is 0 Å². The van der Waals surface area contributed by atoms with Gasteiger partial charge in [0.2, 0.25) is 5.91 Å². The van der Waals surface area contributed by atoms with Crippen LogP contribution in [0.25, 0.3) is 0 Å². The van der Waals surface area contributed by atoms with Gasteiger partial charge in [-0.2, -0.15) is 0 Å². The monoisotopic (exact) mass is 405 g/mol. The quantitative estimate of drug-likeness (QED) is 0.765. The molecule has 1 aliphatic rings. The maximum absolute atomic E-state index is 13.0. The van der Waals surface area contributed by atoms with Crippen LogP contribution in [0.1, 0.15) is 6.92 Å². The number of carbonyl (C=O) groups is 1. The summed E-state index contributed by atoms with van der Waals surface area (Å²) in [5.41, 5.74) is 0.608. The second-order valence-electron chi connectivity index (χ2n) is 6.85. The van der Waals surface area contributed by atoms with Crippen LogP contribution < -0.4 is 10.1 Å². The van der Waals surface area contributed by atoms with Gasteiger partial charge in [-0.05, 0) is 55.5 Å². The Balaban J connectivity index is 1.38. The second-order valence-corrected chi connectivity index (χ2v) is 7.29. The van der Waals surface area contributed by atoms with Crippen LogP contribution in [0, 0.1) is 5.82 Å². The number of piperazine rings is 1. The minimum Gasteiger partial charge on any atom is -0.492 e. The van der Waals surface area contributed by atoms with E-state index in [9.17, 15) is 9.18 Å². The van der Waals surface area contributed by atoms with Crippen LogP contribution in [-0.4, -0.2) is 61.1 Å². The van der Waals surface area contributed by atoms with Gasteiger partial charge in [-0.25, -0.2) is 4.39 Å². The summed E-state index contributed by atoms with van der Waals surface area (Å²) in [6, 6.07) is 12.9. The van der Waals surface area contributed by atoms with Gasteiger partial charge in [0, 0.05) is 43.4 Å². The highest BCUT2D eigenvalue weighted by Crippen LogP contribution is 2.16. The molecule has 1 amide bonds. The van der Waals surface area contributed by atoms with Crippen molar-refractivity contribution < 1.29 is 13.9 Å². The zero-order valence-corrected chi connectivity index (χ0v) is 16.7. The summed E-state index contributed by atoms with van der Waals surface area (Å²) in [5.74, 6) is 0.419. The van der Waals surface area contributed by atoms with Crippen LogP contribution in [0.15, 0.2) is 48.5 Å². The van der Waals surface area contributed by atoms with Crippen molar-refractivity contribution in [3.63, 3.8) is 0 Å². The summed E-state index contributed by atoms with van der Waals surface area (Å²) < 4.78 is 18.7. The van der Waals surface area contributed by atoms with Crippen molar-refractivity contribution in [1.82, 2.24) is 9.80 Å². The first-order chi connectivity index (χ1) is 13.5. The number of hydrogen-bond acceptors (Lipinski definition) is 4. The molecule has 0 aliphatic carbocycles. The van der Waals surface area contributed by atoms with Crippen LogP contribution in [-0.2, 0) is 4.79 Å². The largest absolute Gasteiger partial charge is 0.492 e. The molecule has 7 heteroatoms. The molecular weight excluding hydrogens is 381 g/mol. The summed E-state index contributed by atoms with van der Waals surface area (Å²) in [5, 5.41) is 3.54. The highest BCUT2D eigenvalue weighted by atomic mass is 35.5. The lowest BCUT2D eigenvalue weighted by atomic mass is 10.2. The number of carbonyl (C=O) groups excluding carboxylic acids is 1. The molecule has 0 bridgehead atoms. The van der Waals surface area contributed by atoms with Crippen LogP contribution in [0.2, 0.25) is 5.02 Å². The minimum atomic E-state index is -0.317. The summed E-state index contributed by atoms with van der Waals surface area (Å²) in [6.07, 6.45) is 0. The molecular formula is C21H25ClFN3O2. The van der Waals surface area contributed by atoms with E-state index in [1.807, 2.05) is 31.2 Å². The molecule has 0 unspecified atom stereocenters. The molecule has 28 heavy (non-hydrogen) atoms. The Morgan fingerprint density at radius 3 is 2.39 bits per heavy atom. The molecule has 0 aromatic heterocycles. The number of ether oxygens (including phenoxy) is 1. The van der Waals surface area contributed by atoms with E-state index >= 15 is 0 Å². The predicted molar refractivity (Wildman–Crippen MR) is 109 cm³/mol. The standard InChI is InChI=1S/C21H25ClFN3O2/c1-16(21(27)24-19-6-4-18(23)5-7-19)26-12-10-25(11-13-26)14-15-28-20-8-2-17(22)3-9-20/h2-9,16H,10-15H2,1H3,(H,24,27)/t16-/m1/s1. The number of benzene rings is 2. The van der Waals surface area contributed by atoms with E-state index in [4.69, 9.17) is 16.3 Å². The normalized spacial score (nSPS) is 16.5. The van der Waals surface area contributed by atoms with Gasteiger partial charge in [0.25, 0.3) is 0 Å². The van der Waals surface area contributed by atoms with Crippen LogP contribution in [0.4, 0.5) is 10.1 Å². The van der Waals surface area contributed by atoms with Crippen molar-refractivity contribution in [2.45, 2.75) is 13.0 Å². The average molecular weight is 406 g/mol. The number of hydrogen-bond donors (Lipinski definition) is 1. The SMILES string of the molecule is C[C@H](C(=O)Nc1ccc(F)cc1)N1CCN(CCOc2ccc(Cl)cc2)CC1. The topological polar surface area (TPSA) is 44.8 Å². The molecule has 1 fully saturated rings. The van der Waals surface area contributed by atoms with Gasteiger partial charge in [0.15, 0.2) is 0 Å². The van der Waals surface area contributed by atoms with Gasteiger partial charge < -0.3 is 10.1 Å². The van der Waals surface area contributed by atoms with E-state index in [2.05, 4.69) is 15.1 Å². The Bertz CT molecular complexity index is 762. The summed E-state index contributed by atoms with van der Waals surface area (Å²) in [4.78, 5) is 16.9. The Labute approximate surface area is 170 Å². The number of amides is 1. The van der Waals surface area contributed by atoms with Crippen LogP contribution in [0.3, 0.4) is 0 Å². The highest BCUT2D eigenvalue weighted by molar-refractivity contribution is 6.30.